The number of hydrogen-bond acceptors (Lipinski definition) is 1. The third-order valence-corrected chi connectivity index (χ3v) is 3.00. The highest BCUT2D eigenvalue weighted by atomic mass is 16.3. The van der Waals surface area contributed by atoms with Crippen LogP contribution in [0, 0.1) is 0 Å². The Hall–Kier alpha value is -2.28. The van der Waals surface area contributed by atoms with Gasteiger partial charge in [-0.05, 0) is 17.5 Å². The Bertz CT molecular complexity index is 511. The van der Waals surface area contributed by atoms with Gasteiger partial charge < -0.3 is 5.11 Å². The first-order valence-electron chi connectivity index (χ1n) is 6.47. The van der Waals surface area contributed by atoms with Crippen LogP contribution in [0.1, 0.15) is 24.0 Å². The lowest BCUT2D eigenvalue weighted by Crippen LogP contribution is -1.94. The Kier molecular flexibility index (Phi) is 4.57. The van der Waals surface area contributed by atoms with Gasteiger partial charge in [0.1, 0.15) is 5.76 Å². The molecule has 0 saturated heterocycles. The summed E-state index contributed by atoms with van der Waals surface area (Å²) in [5.74, 6) is 0.414. The van der Waals surface area contributed by atoms with Crippen LogP contribution in [-0.4, -0.2) is 5.11 Å². The van der Waals surface area contributed by atoms with E-state index in [0.717, 1.165) is 23.1 Å². The Morgan fingerprint density at radius 2 is 1.37 bits per heavy atom. The van der Waals surface area contributed by atoms with Crippen molar-refractivity contribution in [1.29, 1.82) is 0 Å². The van der Waals surface area contributed by atoms with Gasteiger partial charge in [0.25, 0.3) is 0 Å². The van der Waals surface area contributed by atoms with Gasteiger partial charge in [0.2, 0.25) is 0 Å². The van der Waals surface area contributed by atoms with Gasteiger partial charge in [0, 0.05) is 12.0 Å². The summed E-state index contributed by atoms with van der Waals surface area (Å²) in [4.78, 5) is 0. The van der Waals surface area contributed by atoms with Crippen LogP contribution >= 0.6 is 0 Å². The van der Waals surface area contributed by atoms with E-state index < -0.39 is 0 Å². The molecule has 0 fully saturated rings. The molecule has 0 spiro atoms. The van der Waals surface area contributed by atoms with Crippen molar-refractivity contribution in [2.24, 2.45) is 0 Å². The minimum Gasteiger partial charge on any atom is -0.512 e. The van der Waals surface area contributed by atoms with Gasteiger partial charge in [-0.15, -0.1) is 6.58 Å². The van der Waals surface area contributed by atoms with Crippen molar-refractivity contribution < 1.29 is 5.11 Å². The summed E-state index contributed by atoms with van der Waals surface area (Å²) in [6.07, 6.45) is 3.21. The van der Waals surface area contributed by atoms with E-state index in [1.165, 1.54) is 0 Å². The summed E-state index contributed by atoms with van der Waals surface area (Å²) < 4.78 is 0. The molecular weight excluding hydrogens is 232 g/mol. The molecular formula is C18H18O. The highest BCUT2D eigenvalue weighted by Gasteiger charge is 2.10. The van der Waals surface area contributed by atoms with Crippen molar-refractivity contribution in [2.75, 3.05) is 0 Å². The van der Waals surface area contributed by atoms with Crippen molar-refractivity contribution in [1.82, 2.24) is 0 Å². The van der Waals surface area contributed by atoms with Gasteiger partial charge in [-0.25, -0.2) is 0 Å². The first kappa shape index (κ1) is 13.2. The topological polar surface area (TPSA) is 20.2 Å². The second-order valence-electron chi connectivity index (χ2n) is 4.38. The fraction of sp³-hybridized carbons (Fsp3) is 0.111. The zero-order chi connectivity index (χ0) is 13.5. The molecule has 0 aliphatic heterocycles. The fourth-order valence-electron chi connectivity index (χ4n) is 2.07. The van der Waals surface area contributed by atoms with E-state index in [2.05, 4.69) is 6.58 Å². The van der Waals surface area contributed by atoms with Crippen LogP contribution in [0.4, 0.5) is 0 Å². The Balaban J connectivity index is 2.48. The fourth-order valence-corrected chi connectivity index (χ4v) is 2.07. The number of rotatable bonds is 5. The van der Waals surface area contributed by atoms with Gasteiger partial charge in [-0.1, -0.05) is 66.7 Å². The molecule has 0 heterocycles. The third kappa shape index (κ3) is 3.35. The number of allylic oxidation sites excluding steroid dienone is 2. The highest BCUT2D eigenvalue weighted by molar-refractivity contribution is 5.81. The summed E-state index contributed by atoms with van der Waals surface area (Å²) in [6, 6.07) is 20.0. The molecule has 0 aliphatic carbocycles. The van der Waals surface area contributed by atoms with Gasteiger partial charge in [-0.3, -0.25) is 0 Å². The second-order valence-corrected chi connectivity index (χ2v) is 4.38. The predicted octanol–water partition coefficient (Wildman–Crippen LogP) is 4.97. The van der Waals surface area contributed by atoms with Crippen molar-refractivity contribution in [2.45, 2.75) is 12.8 Å². The average Bonchev–Trinajstić information content (AvgIpc) is 2.47. The van der Waals surface area contributed by atoms with E-state index in [1.807, 2.05) is 66.7 Å². The van der Waals surface area contributed by atoms with Crippen molar-refractivity contribution in [3.63, 3.8) is 0 Å². The Labute approximate surface area is 114 Å². The molecule has 0 radical (unpaired) electrons. The number of benzene rings is 2. The normalized spacial score (nSPS) is 9.89. The van der Waals surface area contributed by atoms with Crippen LogP contribution in [0.5, 0.6) is 0 Å². The van der Waals surface area contributed by atoms with Crippen LogP contribution in [0.3, 0.4) is 0 Å². The summed E-state index contributed by atoms with van der Waals surface area (Å²) >= 11 is 0. The number of aliphatic hydroxyl groups is 1. The Morgan fingerprint density at radius 1 is 0.895 bits per heavy atom. The van der Waals surface area contributed by atoms with Crippen LogP contribution < -0.4 is 0 Å². The van der Waals surface area contributed by atoms with E-state index in [-0.39, 0.29) is 0 Å². The molecule has 1 nitrogen and oxygen atoms in total. The molecule has 19 heavy (non-hydrogen) atoms. The second kappa shape index (κ2) is 6.60. The Morgan fingerprint density at radius 3 is 1.79 bits per heavy atom. The van der Waals surface area contributed by atoms with Gasteiger partial charge in [0.05, 0.1) is 0 Å². The van der Waals surface area contributed by atoms with E-state index in [0.29, 0.717) is 12.2 Å². The maximum Gasteiger partial charge on any atom is 0.101 e. The zero-order valence-corrected chi connectivity index (χ0v) is 10.9. The van der Waals surface area contributed by atoms with Gasteiger partial charge >= 0.3 is 0 Å². The minimum absolute atomic E-state index is 0.414. The molecule has 1 N–H and O–H groups in total. The molecule has 1 heteroatoms. The molecule has 2 rings (SSSR count). The van der Waals surface area contributed by atoms with E-state index in [4.69, 9.17) is 0 Å². The standard InChI is InChI=1S/C18H18O/c1-2-3-14-17(19)18(15-10-6-4-7-11-15)16-12-8-5-9-13-16/h2,4-13,19H,1,3,14H2. The van der Waals surface area contributed by atoms with Crippen LogP contribution in [-0.2, 0) is 0 Å². The highest BCUT2D eigenvalue weighted by Crippen LogP contribution is 2.27. The molecule has 0 bridgehead atoms. The smallest absolute Gasteiger partial charge is 0.101 e. The first-order valence-corrected chi connectivity index (χ1v) is 6.47. The molecule has 0 amide bonds. The summed E-state index contributed by atoms with van der Waals surface area (Å²) in [5, 5.41) is 10.4. The maximum absolute atomic E-state index is 10.4. The number of hydrogen-bond donors (Lipinski definition) is 1. The molecule has 0 aliphatic rings. The largest absolute Gasteiger partial charge is 0.512 e. The van der Waals surface area contributed by atoms with E-state index >= 15 is 0 Å². The minimum atomic E-state index is 0.414. The molecule has 2 aromatic rings. The van der Waals surface area contributed by atoms with E-state index in [9.17, 15) is 5.11 Å². The molecule has 0 saturated carbocycles. The molecule has 96 valence electrons. The summed E-state index contributed by atoms with van der Waals surface area (Å²) in [5.41, 5.74) is 2.98. The lowest BCUT2D eigenvalue weighted by molar-refractivity contribution is 0.392. The summed E-state index contributed by atoms with van der Waals surface area (Å²) in [7, 11) is 0. The zero-order valence-electron chi connectivity index (χ0n) is 10.9. The monoisotopic (exact) mass is 250 g/mol. The maximum atomic E-state index is 10.4. The average molecular weight is 250 g/mol. The lowest BCUT2D eigenvalue weighted by Gasteiger charge is -2.11. The molecule has 0 aromatic heterocycles. The van der Waals surface area contributed by atoms with Crippen molar-refractivity contribution in [3.05, 3.63) is 90.2 Å². The van der Waals surface area contributed by atoms with Crippen LogP contribution in [0.25, 0.3) is 5.57 Å². The quantitative estimate of drug-likeness (QED) is 0.586. The lowest BCUT2D eigenvalue weighted by atomic mass is 9.95. The SMILES string of the molecule is C=CCCC(O)=C(c1ccccc1)c1ccccc1. The van der Waals surface area contributed by atoms with Crippen LogP contribution in [0.2, 0.25) is 0 Å². The molecule has 0 atom stereocenters. The summed E-state index contributed by atoms with van der Waals surface area (Å²) in [6.45, 7) is 3.70. The first-order chi connectivity index (χ1) is 9.33. The molecule has 0 unspecified atom stereocenters. The van der Waals surface area contributed by atoms with Gasteiger partial charge in [-0.2, -0.15) is 0 Å². The van der Waals surface area contributed by atoms with Crippen molar-refractivity contribution in [3.8, 4) is 0 Å². The van der Waals surface area contributed by atoms with E-state index in [1.54, 1.807) is 0 Å². The number of aliphatic hydroxyl groups excluding tert-OH is 1. The van der Waals surface area contributed by atoms with Gasteiger partial charge in [0.15, 0.2) is 0 Å². The molecule has 2 aromatic carbocycles. The van der Waals surface area contributed by atoms with Crippen LogP contribution in [0.15, 0.2) is 79.1 Å². The predicted molar refractivity (Wildman–Crippen MR) is 81.0 cm³/mol. The third-order valence-electron chi connectivity index (χ3n) is 3.00. The van der Waals surface area contributed by atoms with Crippen molar-refractivity contribution >= 4 is 5.57 Å².